The van der Waals surface area contributed by atoms with Crippen molar-refractivity contribution in [1.29, 1.82) is 0 Å². The molecule has 0 aliphatic carbocycles. The number of halogens is 2. The molecule has 0 saturated carbocycles. The third kappa shape index (κ3) is 2.09. The van der Waals surface area contributed by atoms with E-state index in [9.17, 15) is 9.59 Å². The Morgan fingerprint density at radius 2 is 1.75 bits per heavy atom. The van der Waals surface area contributed by atoms with Crippen molar-refractivity contribution in [2.24, 2.45) is 0 Å². The van der Waals surface area contributed by atoms with Crippen LogP contribution < -0.4 is 4.90 Å². The van der Waals surface area contributed by atoms with Crippen LogP contribution in [0.15, 0.2) is 42.5 Å². The van der Waals surface area contributed by atoms with Crippen LogP contribution in [0, 0.1) is 0 Å². The smallest absolute Gasteiger partial charge is 0.299 e. The fourth-order valence-corrected chi connectivity index (χ4v) is 2.69. The average molecular weight is 306 g/mol. The number of para-hydroxylation sites is 1. The number of carbonyl (C=O) groups excluding carboxylic acids is 2. The summed E-state index contributed by atoms with van der Waals surface area (Å²) in [6.45, 7) is 0.248. The first-order valence-electron chi connectivity index (χ1n) is 5.97. The minimum Gasteiger partial charge on any atom is -0.300 e. The first kappa shape index (κ1) is 13.2. The second-order valence-electron chi connectivity index (χ2n) is 4.47. The fraction of sp³-hybridized carbons (Fsp3) is 0.0667. The van der Waals surface area contributed by atoms with E-state index in [1.54, 1.807) is 42.5 Å². The van der Waals surface area contributed by atoms with Gasteiger partial charge in [-0.1, -0.05) is 41.4 Å². The van der Waals surface area contributed by atoms with E-state index in [0.29, 0.717) is 21.3 Å². The van der Waals surface area contributed by atoms with Crippen molar-refractivity contribution in [2.45, 2.75) is 6.54 Å². The third-order valence-corrected chi connectivity index (χ3v) is 3.81. The van der Waals surface area contributed by atoms with E-state index in [-0.39, 0.29) is 6.54 Å². The molecule has 0 N–H and O–H groups in total. The summed E-state index contributed by atoms with van der Waals surface area (Å²) in [5.41, 5.74) is 1.80. The highest BCUT2D eigenvalue weighted by Gasteiger charge is 2.35. The van der Waals surface area contributed by atoms with Gasteiger partial charge in [0.05, 0.1) is 17.8 Å². The molecule has 0 aromatic heterocycles. The van der Waals surface area contributed by atoms with E-state index in [2.05, 4.69) is 0 Å². The van der Waals surface area contributed by atoms with Crippen molar-refractivity contribution in [2.75, 3.05) is 4.90 Å². The standard InChI is InChI=1S/C15H9Cl2NO2/c16-10-6-5-9(12(17)7-10)8-18-13-4-2-1-3-11(13)14(19)15(18)20/h1-7H,8H2. The third-order valence-electron chi connectivity index (χ3n) is 3.22. The van der Waals surface area contributed by atoms with Crippen LogP contribution in [0.5, 0.6) is 0 Å². The first-order chi connectivity index (χ1) is 9.58. The predicted molar refractivity (Wildman–Crippen MR) is 78.4 cm³/mol. The normalized spacial score (nSPS) is 13.8. The van der Waals surface area contributed by atoms with Gasteiger partial charge in [0.1, 0.15) is 0 Å². The number of nitrogens with zero attached hydrogens (tertiary/aromatic N) is 1. The van der Waals surface area contributed by atoms with E-state index < -0.39 is 11.7 Å². The first-order valence-corrected chi connectivity index (χ1v) is 6.72. The number of fused-ring (bicyclic) bond motifs is 1. The van der Waals surface area contributed by atoms with Gasteiger partial charge in [-0.25, -0.2) is 0 Å². The molecule has 3 rings (SSSR count). The molecule has 100 valence electrons. The number of ketones is 1. The zero-order valence-corrected chi connectivity index (χ0v) is 11.8. The van der Waals surface area contributed by atoms with Crippen molar-refractivity contribution in [1.82, 2.24) is 0 Å². The van der Waals surface area contributed by atoms with Crippen molar-refractivity contribution >= 4 is 40.6 Å². The highest BCUT2D eigenvalue weighted by Crippen LogP contribution is 2.31. The Balaban J connectivity index is 1.99. The summed E-state index contributed by atoms with van der Waals surface area (Å²) in [7, 11) is 0. The van der Waals surface area contributed by atoms with E-state index in [0.717, 1.165) is 5.56 Å². The summed E-state index contributed by atoms with van der Waals surface area (Å²) in [6.07, 6.45) is 0. The van der Waals surface area contributed by atoms with E-state index in [4.69, 9.17) is 23.2 Å². The monoisotopic (exact) mass is 305 g/mol. The Hall–Kier alpha value is -1.84. The second-order valence-corrected chi connectivity index (χ2v) is 5.32. The van der Waals surface area contributed by atoms with Crippen LogP contribution in [0.1, 0.15) is 15.9 Å². The SMILES string of the molecule is O=C1C(=O)N(Cc2ccc(Cl)cc2Cl)c2ccccc21. The van der Waals surface area contributed by atoms with Crippen molar-refractivity contribution in [3.63, 3.8) is 0 Å². The molecule has 5 heteroatoms. The lowest BCUT2D eigenvalue weighted by molar-refractivity contribution is -0.114. The molecule has 20 heavy (non-hydrogen) atoms. The van der Waals surface area contributed by atoms with Crippen LogP contribution in [-0.4, -0.2) is 11.7 Å². The molecule has 0 bridgehead atoms. The van der Waals surface area contributed by atoms with Crippen LogP contribution in [0.2, 0.25) is 10.0 Å². The topological polar surface area (TPSA) is 37.4 Å². The molecular formula is C15H9Cl2NO2. The van der Waals surface area contributed by atoms with Gasteiger partial charge in [-0.15, -0.1) is 0 Å². The largest absolute Gasteiger partial charge is 0.300 e. The molecule has 1 heterocycles. The molecule has 0 unspecified atom stereocenters. The summed E-state index contributed by atoms with van der Waals surface area (Å²) in [6, 6.07) is 12.0. The van der Waals surface area contributed by atoms with Gasteiger partial charge in [-0.3, -0.25) is 9.59 Å². The number of hydrogen-bond donors (Lipinski definition) is 0. The Morgan fingerprint density at radius 1 is 1.00 bits per heavy atom. The lowest BCUT2D eigenvalue weighted by Gasteiger charge is -2.17. The summed E-state index contributed by atoms with van der Waals surface area (Å²) in [5.74, 6) is -1.01. The molecule has 0 atom stereocenters. The van der Waals surface area contributed by atoms with Gasteiger partial charge in [-0.05, 0) is 29.8 Å². The van der Waals surface area contributed by atoms with Gasteiger partial charge in [0.2, 0.25) is 0 Å². The fourth-order valence-electron chi connectivity index (χ4n) is 2.23. The van der Waals surface area contributed by atoms with Crippen LogP contribution in [0.25, 0.3) is 0 Å². The van der Waals surface area contributed by atoms with Crippen LogP contribution in [0.4, 0.5) is 5.69 Å². The molecule has 0 saturated heterocycles. The van der Waals surface area contributed by atoms with Crippen LogP contribution in [-0.2, 0) is 11.3 Å². The van der Waals surface area contributed by atoms with E-state index >= 15 is 0 Å². The summed E-state index contributed by atoms with van der Waals surface area (Å²) >= 11 is 12.0. The van der Waals surface area contributed by atoms with Gasteiger partial charge in [0.15, 0.2) is 0 Å². The van der Waals surface area contributed by atoms with Crippen molar-refractivity contribution in [3.8, 4) is 0 Å². The van der Waals surface area contributed by atoms with Gasteiger partial charge in [0.25, 0.3) is 11.7 Å². The second kappa shape index (κ2) is 4.93. The average Bonchev–Trinajstić information content (AvgIpc) is 2.67. The Labute approximate surface area is 125 Å². The highest BCUT2D eigenvalue weighted by atomic mass is 35.5. The molecule has 2 aromatic carbocycles. The summed E-state index contributed by atoms with van der Waals surface area (Å²) < 4.78 is 0. The number of carbonyl (C=O) groups is 2. The summed E-state index contributed by atoms with van der Waals surface area (Å²) in [4.78, 5) is 25.4. The maximum absolute atomic E-state index is 12.1. The number of hydrogen-bond acceptors (Lipinski definition) is 2. The molecule has 0 radical (unpaired) electrons. The minimum absolute atomic E-state index is 0.248. The molecule has 1 amide bonds. The number of Topliss-reactive ketones (excluding diaryl/α,β-unsaturated/α-hetero) is 1. The zero-order chi connectivity index (χ0) is 14.3. The minimum atomic E-state index is -0.530. The van der Waals surface area contributed by atoms with Crippen molar-refractivity contribution in [3.05, 3.63) is 63.6 Å². The van der Waals surface area contributed by atoms with Crippen LogP contribution in [0.3, 0.4) is 0 Å². The maximum atomic E-state index is 12.1. The van der Waals surface area contributed by atoms with E-state index in [1.165, 1.54) is 4.90 Å². The Kier molecular flexibility index (Phi) is 3.24. The highest BCUT2D eigenvalue weighted by molar-refractivity contribution is 6.52. The number of benzene rings is 2. The van der Waals surface area contributed by atoms with Crippen LogP contribution >= 0.6 is 23.2 Å². The quantitative estimate of drug-likeness (QED) is 0.793. The van der Waals surface area contributed by atoms with E-state index in [1.807, 2.05) is 0 Å². The molecule has 2 aromatic rings. The molecule has 0 spiro atoms. The van der Waals surface area contributed by atoms with Gasteiger partial charge in [0, 0.05) is 10.0 Å². The van der Waals surface area contributed by atoms with Crippen molar-refractivity contribution < 1.29 is 9.59 Å². The molecular weight excluding hydrogens is 297 g/mol. The predicted octanol–water partition coefficient (Wildman–Crippen LogP) is 3.72. The zero-order valence-electron chi connectivity index (χ0n) is 10.3. The molecule has 3 nitrogen and oxygen atoms in total. The lowest BCUT2D eigenvalue weighted by atomic mass is 10.1. The van der Waals surface area contributed by atoms with Gasteiger partial charge < -0.3 is 4.90 Å². The van der Waals surface area contributed by atoms with Gasteiger partial charge in [-0.2, -0.15) is 0 Å². The molecule has 1 aliphatic heterocycles. The number of amides is 1. The Bertz CT molecular complexity index is 728. The molecule has 1 aliphatic rings. The maximum Gasteiger partial charge on any atom is 0.299 e. The lowest BCUT2D eigenvalue weighted by Crippen LogP contribution is -2.29. The number of anilines is 1. The van der Waals surface area contributed by atoms with Gasteiger partial charge >= 0.3 is 0 Å². The Morgan fingerprint density at radius 3 is 2.50 bits per heavy atom. The number of rotatable bonds is 2. The molecule has 0 fully saturated rings. The summed E-state index contributed by atoms with van der Waals surface area (Å²) in [5, 5.41) is 1.00.